The molecule has 1 aliphatic rings. The van der Waals surface area contributed by atoms with E-state index in [0.717, 1.165) is 30.3 Å². The third-order valence-electron chi connectivity index (χ3n) is 3.76. The second kappa shape index (κ2) is 7.14. The van der Waals surface area contributed by atoms with Gasteiger partial charge in [0.25, 0.3) is 0 Å². The van der Waals surface area contributed by atoms with Gasteiger partial charge >= 0.3 is 0 Å². The van der Waals surface area contributed by atoms with Gasteiger partial charge in [0, 0.05) is 30.0 Å². The summed E-state index contributed by atoms with van der Waals surface area (Å²) in [5.74, 6) is -1.77. The third-order valence-corrected chi connectivity index (χ3v) is 4.67. The Labute approximate surface area is 136 Å². The Morgan fingerprint density at radius 2 is 2.26 bits per heavy atom. The number of nitrogens with one attached hydrogen (secondary N) is 2. The Kier molecular flexibility index (Phi) is 4.97. The van der Waals surface area contributed by atoms with E-state index < -0.39 is 11.6 Å². The molecule has 0 saturated carbocycles. The number of anilines is 1. The molecule has 0 aliphatic carbocycles. The number of thiazole rings is 1. The van der Waals surface area contributed by atoms with E-state index in [9.17, 15) is 13.6 Å². The van der Waals surface area contributed by atoms with Gasteiger partial charge in [-0.2, -0.15) is 0 Å². The fourth-order valence-electron chi connectivity index (χ4n) is 2.62. The molecule has 0 bridgehead atoms. The van der Waals surface area contributed by atoms with Crippen LogP contribution in [0.25, 0.3) is 0 Å². The van der Waals surface area contributed by atoms with Crippen LogP contribution in [-0.4, -0.2) is 23.5 Å². The molecule has 122 valence electrons. The smallest absolute Gasteiger partial charge is 0.227 e. The standard InChI is InChI=1S/C16H17F2N3OS/c17-13-4-3-10(7-14(13)18)6-12-9-20-16(23-12)21-15(22)8-11-2-1-5-19-11/h3-4,7,9,11,19H,1-2,5-6,8H2,(H,20,21,22). The number of rotatable bonds is 5. The van der Waals surface area contributed by atoms with Gasteiger partial charge in [0.05, 0.1) is 0 Å². The first-order chi connectivity index (χ1) is 11.1. The summed E-state index contributed by atoms with van der Waals surface area (Å²) in [4.78, 5) is 17.0. The lowest BCUT2D eigenvalue weighted by molar-refractivity contribution is -0.116. The van der Waals surface area contributed by atoms with E-state index in [1.54, 1.807) is 12.3 Å². The van der Waals surface area contributed by atoms with Gasteiger partial charge in [0.2, 0.25) is 5.91 Å². The van der Waals surface area contributed by atoms with Crippen molar-refractivity contribution in [3.8, 4) is 0 Å². The summed E-state index contributed by atoms with van der Waals surface area (Å²) >= 11 is 1.34. The molecule has 1 atom stereocenters. The maximum absolute atomic E-state index is 13.2. The van der Waals surface area contributed by atoms with Crippen LogP contribution in [0.2, 0.25) is 0 Å². The second-order valence-electron chi connectivity index (χ2n) is 5.60. The highest BCUT2D eigenvalue weighted by Crippen LogP contribution is 2.22. The molecule has 23 heavy (non-hydrogen) atoms. The zero-order valence-corrected chi connectivity index (χ0v) is 13.3. The highest BCUT2D eigenvalue weighted by Gasteiger charge is 2.18. The van der Waals surface area contributed by atoms with Crippen LogP contribution in [0.15, 0.2) is 24.4 Å². The first-order valence-corrected chi connectivity index (χ1v) is 8.33. The first-order valence-electron chi connectivity index (χ1n) is 7.52. The molecule has 2 heterocycles. The zero-order valence-electron chi connectivity index (χ0n) is 12.4. The van der Waals surface area contributed by atoms with Gasteiger partial charge in [-0.1, -0.05) is 6.07 Å². The Bertz CT molecular complexity index is 698. The molecule has 2 N–H and O–H groups in total. The lowest BCUT2D eigenvalue weighted by Crippen LogP contribution is -2.27. The average molecular weight is 337 g/mol. The van der Waals surface area contributed by atoms with Gasteiger partial charge in [0.15, 0.2) is 16.8 Å². The van der Waals surface area contributed by atoms with Crippen LogP contribution in [0.3, 0.4) is 0 Å². The van der Waals surface area contributed by atoms with E-state index in [4.69, 9.17) is 0 Å². The Morgan fingerprint density at radius 3 is 3.00 bits per heavy atom. The summed E-state index contributed by atoms with van der Waals surface area (Å²) < 4.78 is 26.1. The van der Waals surface area contributed by atoms with Crippen molar-refractivity contribution in [2.24, 2.45) is 0 Å². The van der Waals surface area contributed by atoms with Crippen LogP contribution < -0.4 is 10.6 Å². The number of amides is 1. The number of nitrogens with zero attached hydrogens (tertiary/aromatic N) is 1. The largest absolute Gasteiger partial charge is 0.313 e. The molecular weight excluding hydrogens is 320 g/mol. The summed E-state index contributed by atoms with van der Waals surface area (Å²) in [5.41, 5.74) is 0.667. The van der Waals surface area contributed by atoms with Crippen LogP contribution in [0.5, 0.6) is 0 Å². The highest BCUT2D eigenvalue weighted by atomic mass is 32.1. The maximum Gasteiger partial charge on any atom is 0.227 e. The Morgan fingerprint density at radius 1 is 1.39 bits per heavy atom. The van der Waals surface area contributed by atoms with Crippen molar-refractivity contribution in [1.29, 1.82) is 0 Å². The molecule has 0 spiro atoms. The van der Waals surface area contributed by atoms with Crippen molar-refractivity contribution < 1.29 is 13.6 Å². The summed E-state index contributed by atoms with van der Waals surface area (Å²) in [6.45, 7) is 0.966. The minimum absolute atomic E-state index is 0.0573. The Balaban J connectivity index is 1.56. The third kappa shape index (κ3) is 4.33. The summed E-state index contributed by atoms with van der Waals surface area (Å²) in [7, 11) is 0. The van der Waals surface area contributed by atoms with Crippen molar-refractivity contribution in [2.45, 2.75) is 31.7 Å². The maximum atomic E-state index is 13.2. The average Bonchev–Trinajstić information content (AvgIpc) is 3.15. The lowest BCUT2D eigenvalue weighted by atomic mass is 10.1. The predicted molar refractivity (Wildman–Crippen MR) is 85.5 cm³/mol. The molecule has 0 radical (unpaired) electrons. The second-order valence-corrected chi connectivity index (χ2v) is 6.72. The molecule has 1 fully saturated rings. The van der Waals surface area contributed by atoms with Crippen LogP contribution >= 0.6 is 11.3 Å². The fraction of sp³-hybridized carbons (Fsp3) is 0.375. The summed E-state index contributed by atoms with van der Waals surface area (Å²) in [6.07, 6.45) is 4.67. The summed E-state index contributed by atoms with van der Waals surface area (Å²) in [6, 6.07) is 4.08. The number of halogens is 2. The number of hydrogen-bond donors (Lipinski definition) is 2. The molecule has 1 amide bonds. The molecule has 1 aromatic heterocycles. The van der Waals surface area contributed by atoms with Crippen LogP contribution in [0.4, 0.5) is 13.9 Å². The number of carbonyl (C=O) groups is 1. The zero-order chi connectivity index (χ0) is 16.2. The van der Waals surface area contributed by atoms with Gasteiger partial charge in [-0.25, -0.2) is 13.8 Å². The molecule has 3 rings (SSSR count). The van der Waals surface area contributed by atoms with E-state index in [-0.39, 0.29) is 11.9 Å². The van der Waals surface area contributed by atoms with Crippen molar-refractivity contribution >= 4 is 22.4 Å². The molecule has 1 unspecified atom stereocenters. The molecule has 1 saturated heterocycles. The number of aromatic nitrogens is 1. The van der Waals surface area contributed by atoms with E-state index in [0.29, 0.717) is 23.5 Å². The molecular formula is C16H17F2N3OS. The predicted octanol–water partition coefficient (Wildman–Crippen LogP) is 3.09. The van der Waals surface area contributed by atoms with Crippen molar-refractivity contribution in [3.63, 3.8) is 0 Å². The van der Waals surface area contributed by atoms with Crippen molar-refractivity contribution in [3.05, 3.63) is 46.5 Å². The van der Waals surface area contributed by atoms with Gasteiger partial charge < -0.3 is 10.6 Å². The van der Waals surface area contributed by atoms with Gasteiger partial charge in [-0.3, -0.25) is 4.79 Å². The van der Waals surface area contributed by atoms with Gasteiger partial charge in [-0.15, -0.1) is 11.3 Å². The van der Waals surface area contributed by atoms with E-state index >= 15 is 0 Å². The number of benzene rings is 1. The molecule has 4 nitrogen and oxygen atoms in total. The molecule has 1 aliphatic heterocycles. The van der Waals surface area contributed by atoms with Crippen LogP contribution in [0.1, 0.15) is 29.7 Å². The normalized spacial score (nSPS) is 17.4. The fourth-order valence-corrected chi connectivity index (χ4v) is 3.49. The van der Waals surface area contributed by atoms with E-state index in [2.05, 4.69) is 15.6 Å². The number of hydrogen-bond acceptors (Lipinski definition) is 4. The van der Waals surface area contributed by atoms with E-state index in [1.165, 1.54) is 17.4 Å². The topological polar surface area (TPSA) is 54.0 Å². The quantitative estimate of drug-likeness (QED) is 0.881. The number of carbonyl (C=O) groups excluding carboxylic acids is 1. The van der Waals surface area contributed by atoms with Gasteiger partial charge in [0.1, 0.15) is 0 Å². The van der Waals surface area contributed by atoms with Crippen molar-refractivity contribution in [1.82, 2.24) is 10.3 Å². The minimum atomic E-state index is -0.857. The minimum Gasteiger partial charge on any atom is -0.313 e. The summed E-state index contributed by atoms with van der Waals surface area (Å²) in [5, 5.41) is 6.60. The van der Waals surface area contributed by atoms with Crippen molar-refractivity contribution in [2.75, 3.05) is 11.9 Å². The van der Waals surface area contributed by atoms with Crippen LogP contribution in [-0.2, 0) is 11.2 Å². The highest BCUT2D eigenvalue weighted by molar-refractivity contribution is 7.15. The molecule has 2 aromatic rings. The van der Waals surface area contributed by atoms with E-state index in [1.807, 2.05) is 0 Å². The Hall–Kier alpha value is -1.86. The SMILES string of the molecule is O=C(CC1CCCN1)Nc1ncc(Cc2ccc(F)c(F)c2)s1. The lowest BCUT2D eigenvalue weighted by Gasteiger charge is -2.08. The van der Waals surface area contributed by atoms with Gasteiger partial charge in [-0.05, 0) is 37.1 Å². The monoisotopic (exact) mass is 337 g/mol. The van der Waals surface area contributed by atoms with Crippen LogP contribution in [0, 0.1) is 11.6 Å². The first kappa shape index (κ1) is 16.0. The molecule has 7 heteroatoms. The molecule has 1 aromatic carbocycles.